The molecule has 0 heterocycles. The monoisotopic (exact) mass is 291 g/mol. The van der Waals surface area contributed by atoms with E-state index < -0.39 is 6.10 Å². The number of hydrogen-bond donors (Lipinski definition) is 1. The summed E-state index contributed by atoms with van der Waals surface area (Å²) in [6.45, 7) is 15.0. The lowest BCUT2D eigenvalue weighted by Gasteiger charge is -2.30. The normalized spacial score (nSPS) is 13.7. The van der Waals surface area contributed by atoms with Gasteiger partial charge in [-0.25, -0.2) is 0 Å². The summed E-state index contributed by atoms with van der Waals surface area (Å²) in [5, 5.41) is 10.5. The van der Waals surface area contributed by atoms with Crippen molar-refractivity contribution in [1.82, 2.24) is 4.90 Å². The number of rotatable bonds is 8. The first-order chi connectivity index (χ1) is 9.79. The molecular weight excluding hydrogens is 258 g/mol. The molecule has 1 aromatic carbocycles. The molecule has 0 fully saturated rings. The van der Waals surface area contributed by atoms with E-state index in [0.29, 0.717) is 24.4 Å². The van der Waals surface area contributed by atoms with E-state index in [9.17, 15) is 5.11 Å². The van der Waals surface area contributed by atoms with Crippen molar-refractivity contribution < 1.29 is 5.11 Å². The van der Waals surface area contributed by atoms with Gasteiger partial charge in [-0.2, -0.15) is 0 Å². The van der Waals surface area contributed by atoms with Gasteiger partial charge in [-0.05, 0) is 43.2 Å². The summed E-state index contributed by atoms with van der Waals surface area (Å²) in [6, 6.07) is 8.93. The maximum absolute atomic E-state index is 10.5. The highest BCUT2D eigenvalue weighted by Crippen LogP contribution is 2.18. The Hall–Kier alpha value is -0.860. The first-order valence-corrected chi connectivity index (χ1v) is 8.30. The molecule has 1 atom stereocenters. The molecule has 0 bridgehead atoms. The van der Waals surface area contributed by atoms with Gasteiger partial charge in [0.2, 0.25) is 0 Å². The molecule has 0 saturated heterocycles. The minimum atomic E-state index is -0.403. The molecule has 0 aliphatic heterocycles. The van der Waals surface area contributed by atoms with Gasteiger partial charge in [-0.3, -0.25) is 4.90 Å². The summed E-state index contributed by atoms with van der Waals surface area (Å²) in [5.74, 6) is 1.29. The van der Waals surface area contributed by atoms with Crippen molar-refractivity contribution in [2.75, 3.05) is 13.1 Å². The Morgan fingerprint density at radius 2 is 1.43 bits per heavy atom. The van der Waals surface area contributed by atoms with Crippen LogP contribution in [0.25, 0.3) is 0 Å². The van der Waals surface area contributed by atoms with Crippen LogP contribution in [-0.4, -0.2) is 29.1 Å². The average Bonchev–Trinajstić information content (AvgIpc) is 2.37. The van der Waals surface area contributed by atoms with Crippen molar-refractivity contribution in [3.63, 3.8) is 0 Å². The Kier molecular flexibility index (Phi) is 7.41. The van der Waals surface area contributed by atoms with Crippen LogP contribution in [0.4, 0.5) is 0 Å². The zero-order chi connectivity index (χ0) is 16.0. The standard InChI is InChI=1S/C19H33NO/c1-14(2)11-17-7-9-18(10-8-17)19(21)13-20(16(5)6)12-15(3)4/h7-10,14-16,19,21H,11-13H2,1-6H3. The summed E-state index contributed by atoms with van der Waals surface area (Å²) in [4.78, 5) is 2.36. The van der Waals surface area contributed by atoms with Gasteiger partial charge in [0.1, 0.15) is 0 Å². The third-order valence-electron chi connectivity index (χ3n) is 3.75. The predicted molar refractivity (Wildman–Crippen MR) is 91.5 cm³/mol. The Labute approximate surface area is 131 Å². The number of aliphatic hydroxyl groups is 1. The van der Waals surface area contributed by atoms with Crippen LogP contribution >= 0.6 is 0 Å². The topological polar surface area (TPSA) is 23.5 Å². The van der Waals surface area contributed by atoms with Crippen LogP contribution in [0, 0.1) is 11.8 Å². The van der Waals surface area contributed by atoms with Gasteiger partial charge in [-0.15, -0.1) is 0 Å². The first kappa shape index (κ1) is 18.2. The molecule has 0 spiro atoms. The van der Waals surface area contributed by atoms with Crippen LogP contribution in [0.2, 0.25) is 0 Å². The van der Waals surface area contributed by atoms with E-state index in [-0.39, 0.29) is 0 Å². The molecule has 2 heteroatoms. The lowest BCUT2D eigenvalue weighted by atomic mass is 10.00. The van der Waals surface area contributed by atoms with E-state index in [1.54, 1.807) is 0 Å². The van der Waals surface area contributed by atoms with Crippen molar-refractivity contribution in [2.24, 2.45) is 11.8 Å². The van der Waals surface area contributed by atoms with Gasteiger partial charge < -0.3 is 5.11 Å². The SMILES string of the molecule is CC(C)Cc1ccc(C(O)CN(CC(C)C)C(C)C)cc1. The Balaban J connectivity index is 2.66. The third-order valence-corrected chi connectivity index (χ3v) is 3.75. The van der Waals surface area contributed by atoms with E-state index >= 15 is 0 Å². The lowest BCUT2D eigenvalue weighted by Crippen LogP contribution is -2.37. The van der Waals surface area contributed by atoms with E-state index in [1.165, 1.54) is 5.56 Å². The Bertz CT molecular complexity index is 395. The quantitative estimate of drug-likeness (QED) is 0.772. The maximum Gasteiger partial charge on any atom is 0.0917 e. The second kappa shape index (κ2) is 8.55. The number of benzene rings is 1. The van der Waals surface area contributed by atoms with Crippen LogP contribution in [0.1, 0.15) is 58.8 Å². The highest BCUT2D eigenvalue weighted by Gasteiger charge is 2.17. The zero-order valence-electron chi connectivity index (χ0n) is 14.6. The zero-order valence-corrected chi connectivity index (χ0v) is 14.6. The fourth-order valence-corrected chi connectivity index (χ4v) is 2.64. The molecule has 0 aliphatic carbocycles. The molecule has 1 rings (SSSR count). The van der Waals surface area contributed by atoms with Gasteiger partial charge in [-0.1, -0.05) is 52.0 Å². The molecule has 0 aliphatic rings. The van der Waals surface area contributed by atoms with Gasteiger partial charge in [0.05, 0.1) is 6.10 Å². The lowest BCUT2D eigenvalue weighted by molar-refractivity contribution is 0.0877. The van der Waals surface area contributed by atoms with E-state index in [0.717, 1.165) is 18.5 Å². The molecule has 1 N–H and O–H groups in total. The number of nitrogens with zero attached hydrogens (tertiary/aromatic N) is 1. The molecule has 21 heavy (non-hydrogen) atoms. The van der Waals surface area contributed by atoms with Crippen molar-refractivity contribution in [2.45, 2.75) is 60.1 Å². The van der Waals surface area contributed by atoms with Crippen LogP contribution in [0.15, 0.2) is 24.3 Å². The Morgan fingerprint density at radius 1 is 0.857 bits per heavy atom. The molecule has 0 aromatic heterocycles. The van der Waals surface area contributed by atoms with Crippen LogP contribution in [0.3, 0.4) is 0 Å². The van der Waals surface area contributed by atoms with Gasteiger partial charge in [0.25, 0.3) is 0 Å². The molecular formula is C19H33NO. The highest BCUT2D eigenvalue weighted by atomic mass is 16.3. The third kappa shape index (κ3) is 6.62. The maximum atomic E-state index is 10.5. The van der Waals surface area contributed by atoms with Gasteiger partial charge in [0.15, 0.2) is 0 Å². The fourth-order valence-electron chi connectivity index (χ4n) is 2.64. The van der Waals surface area contributed by atoms with Gasteiger partial charge >= 0.3 is 0 Å². The average molecular weight is 291 g/mol. The van der Waals surface area contributed by atoms with Crippen LogP contribution in [0.5, 0.6) is 0 Å². The number of aliphatic hydroxyl groups excluding tert-OH is 1. The summed E-state index contributed by atoms with van der Waals surface area (Å²) in [7, 11) is 0. The highest BCUT2D eigenvalue weighted by molar-refractivity contribution is 5.24. The van der Waals surface area contributed by atoms with Gasteiger partial charge in [0, 0.05) is 19.1 Å². The van der Waals surface area contributed by atoms with Crippen molar-refractivity contribution in [3.05, 3.63) is 35.4 Å². The van der Waals surface area contributed by atoms with Crippen molar-refractivity contribution in [1.29, 1.82) is 0 Å². The summed E-state index contributed by atoms with van der Waals surface area (Å²) >= 11 is 0. The summed E-state index contributed by atoms with van der Waals surface area (Å²) < 4.78 is 0. The largest absolute Gasteiger partial charge is 0.387 e. The molecule has 0 saturated carbocycles. The molecule has 0 amide bonds. The van der Waals surface area contributed by atoms with Crippen molar-refractivity contribution >= 4 is 0 Å². The molecule has 1 unspecified atom stereocenters. The molecule has 0 radical (unpaired) electrons. The fraction of sp³-hybridized carbons (Fsp3) is 0.684. The smallest absolute Gasteiger partial charge is 0.0917 e. The summed E-state index contributed by atoms with van der Waals surface area (Å²) in [5.41, 5.74) is 2.38. The minimum Gasteiger partial charge on any atom is -0.387 e. The van der Waals surface area contributed by atoms with Crippen molar-refractivity contribution in [3.8, 4) is 0 Å². The van der Waals surface area contributed by atoms with E-state index in [1.807, 2.05) is 0 Å². The predicted octanol–water partition coefficient (Wildman–Crippen LogP) is 4.28. The molecule has 2 nitrogen and oxygen atoms in total. The second-order valence-electron chi connectivity index (χ2n) is 7.30. The second-order valence-corrected chi connectivity index (χ2v) is 7.30. The van der Waals surface area contributed by atoms with Crippen LogP contribution < -0.4 is 0 Å². The van der Waals surface area contributed by atoms with E-state index in [4.69, 9.17) is 0 Å². The Morgan fingerprint density at radius 3 is 1.86 bits per heavy atom. The molecule has 1 aromatic rings. The van der Waals surface area contributed by atoms with E-state index in [2.05, 4.69) is 70.7 Å². The first-order valence-electron chi connectivity index (χ1n) is 8.30. The van der Waals surface area contributed by atoms with Crippen LogP contribution in [-0.2, 0) is 6.42 Å². The minimum absolute atomic E-state index is 0.403. The summed E-state index contributed by atoms with van der Waals surface area (Å²) in [6.07, 6.45) is 0.696. The molecule has 120 valence electrons. The number of hydrogen-bond acceptors (Lipinski definition) is 2.